The molecule has 2 amide bonds. The van der Waals surface area contributed by atoms with E-state index >= 15 is 0 Å². The molecule has 0 saturated carbocycles. The monoisotopic (exact) mass is 728 g/mol. The molecular formula is C32H60N2O16. The minimum atomic E-state index is -0.906. The molecule has 0 fully saturated rings. The second-order valence-electron chi connectivity index (χ2n) is 11.4. The third kappa shape index (κ3) is 36.6. The summed E-state index contributed by atoms with van der Waals surface area (Å²) >= 11 is 0. The van der Waals surface area contributed by atoms with Crippen molar-refractivity contribution in [3.63, 3.8) is 0 Å². The van der Waals surface area contributed by atoms with Gasteiger partial charge in [-0.15, -0.1) is 0 Å². The maximum absolute atomic E-state index is 12.9. The minimum Gasteiger partial charge on any atom is -0.481 e. The molecule has 0 aromatic carbocycles. The zero-order valence-corrected chi connectivity index (χ0v) is 30.0. The van der Waals surface area contributed by atoms with Crippen LogP contribution < -0.4 is 5.32 Å². The predicted molar refractivity (Wildman–Crippen MR) is 177 cm³/mol. The fourth-order valence-electron chi connectivity index (χ4n) is 3.51. The highest BCUT2D eigenvalue weighted by atomic mass is 16.6. The van der Waals surface area contributed by atoms with Crippen LogP contribution in [0.4, 0.5) is 4.79 Å². The second kappa shape index (κ2) is 33.5. The predicted octanol–water partition coefficient (Wildman–Crippen LogP) is 0.829. The molecule has 0 spiro atoms. The van der Waals surface area contributed by atoms with Gasteiger partial charge in [0.25, 0.3) is 0 Å². The van der Waals surface area contributed by atoms with Gasteiger partial charge in [-0.1, -0.05) is 0 Å². The smallest absolute Gasteiger partial charge is 0.407 e. The zero-order chi connectivity index (χ0) is 37.1. The lowest BCUT2D eigenvalue weighted by Crippen LogP contribution is -2.37. The van der Waals surface area contributed by atoms with Crippen molar-refractivity contribution >= 4 is 23.9 Å². The van der Waals surface area contributed by atoms with E-state index in [4.69, 9.17) is 57.6 Å². The van der Waals surface area contributed by atoms with Gasteiger partial charge in [0.2, 0.25) is 5.91 Å². The number of amides is 2. The topological polar surface area (TPSA) is 216 Å². The number of nitrogens with one attached hydrogen (secondary N) is 1. The summed E-state index contributed by atoms with van der Waals surface area (Å²) in [5.74, 6) is -1.94. The number of ether oxygens (including phenoxy) is 10. The van der Waals surface area contributed by atoms with E-state index in [0.29, 0.717) is 106 Å². The average molecular weight is 729 g/mol. The molecule has 18 nitrogen and oxygen atoms in total. The van der Waals surface area contributed by atoms with Crippen molar-refractivity contribution in [2.45, 2.75) is 45.6 Å². The first kappa shape index (κ1) is 47.3. The van der Waals surface area contributed by atoms with Crippen molar-refractivity contribution in [2.24, 2.45) is 0 Å². The standard InChI is InChI=1S/C32H60N2O16/c1-32(2,3)50-31(40)33-7-13-41-10-4-28(35)34(8-14-44-18-22-48-26-24-46-20-16-42-11-5-29(36)37)9-15-45-19-23-49-27-25-47-21-17-43-12-6-30(38)39/h4-27H2,1-3H3,(H,33,40)(H,36,37)(H,38,39). The quantitative estimate of drug-likeness (QED) is 0.0762. The molecule has 0 bridgehead atoms. The van der Waals surface area contributed by atoms with E-state index in [1.165, 1.54) is 0 Å². The van der Waals surface area contributed by atoms with Crippen molar-refractivity contribution in [1.29, 1.82) is 0 Å². The number of alkyl carbamates (subject to hydrolysis) is 1. The fourth-order valence-corrected chi connectivity index (χ4v) is 3.51. The van der Waals surface area contributed by atoms with E-state index in [2.05, 4.69) is 5.32 Å². The molecule has 0 rings (SSSR count). The Hall–Kier alpha value is -2.68. The molecule has 0 aromatic heterocycles. The molecule has 0 aliphatic rings. The van der Waals surface area contributed by atoms with Crippen LogP contribution in [0.2, 0.25) is 0 Å². The molecule has 0 atom stereocenters. The summed E-state index contributed by atoms with van der Waals surface area (Å²) in [5, 5.41) is 19.7. The summed E-state index contributed by atoms with van der Waals surface area (Å²) in [7, 11) is 0. The number of hydrogen-bond donors (Lipinski definition) is 3. The first-order valence-electron chi connectivity index (χ1n) is 16.9. The molecule has 0 radical (unpaired) electrons. The highest BCUT2D eigenvalue weighted by Crippen LogP contribution is 2.06. The number of aliphatic carboxylic acids is 2. The van der Waals surface area contributed by atoms with E-state index in [0.717, 1.165) is 0 Å². The molecule has 0 aliphatic heterocycles. The lowest BCUT2D eigenvalue weighted by molar-refractivity contribution is -0.139. The summed E-state index contributed by atoms with van der Waals surface area (Å²) in [6, 6.07) is 0. The minimum absolute atomic E-state index is 0.0413. The number of rotatable bonds is 36. The van der Waals surface area contributed by atoms with E-state index in [1.807, 2.05) is 0 Å². The molecule has 0 aliphatic carbocycles. The molecule has 50 heavy (non-hydrogen) atoms. The van der Waals surface area contributed by atoms with Crippen LogP contribution in [0, 0.1) is 0 Å². The van der Waals surface area contributed by atoms with Gasteiger partial charge in [-0.05, 0) is 20.8 Å². The van der Waals surface area contributed by atoms with Gasteiger partial charge >= 0.3 is 18.0 Å². The normalized spacial score (nSPS) is 11.4. The number of carboxylic acids is 2. The van der Waals surface area contributed by atoms with Crippen molar-refractivity contribution < 1.29 is 76.8 Å². The summed E-state index contributed by atoms with van der Waals surface area (Å²) in [6.45, 7) is 11.8. The van der Waals surface area contributed by atoms with Crippen LogP contribution >= 0.6 is 0 Å². The van der Waals surface area contributed by atoms with Crippen LogP contribution in [-0.4, -0.2) is 183 Å². The first-order valence-corrected chi connectivity index (χ1v) is 16.9. The summed E-state index contributed by atoms with van der Waals surface area (Å²) < 4.78 is 53.9. The molecule has 0 heterocycles. The van der Waals surface area contributed by atoms with Gasteiger partial charge < -0.3 is 67.8 Å². The Bertz CT molecular complexity index is 817. The molecule has 0 aromatic rings. The maximum Gasteiger partial charge on any atom is 0.407 e. The highest BCUT2D eigenvalue weighted by molar-refractivity contribution is 5.76. The average Bonchev–Trinajstić information content (AvgIpc) is 3.04. The lowest BCUT2D eigenvalue weighted by atomic mass is 10.2. The molecule has 0 saturated heterocycles. The molecule has 3 N–H and O–H groups in total. The van der Waals surface area contributed by atoms with Crippen molar-refractivity contribution in [3.05, 3.63) is 0 Å². The Labute approximate surface area is 295 Å². The Morgan fingerprint density at radius 3 is 1.16 bits per heavy atom. The van der Waals surface area contributed by atoms with Gasteiger partial charge in [0, 0.05) is 19.6 Å². The summed E-state index contributed by atoms with van der Waals surface area (Å²) in [6.07, 6.45) is -0.469. The molecule has 18 heteroatoms. The summed E-state index contributed by atoms with van der Waals surface area (Å²) in [5.41, 5.74) is -0.592. The van der Waals surface area contributed by atoms with Crippen LogP contribution in [0.15, 0.2) is 0 Å². The van der Waals surface area contributed by atoms with E-state index in [1.54, 1.807) is 25.7 Å². The third-order valence-corrected chi connectivity index (χ3v) is 5.89. The Kier molecular flexibility index (Phi) is 31.7. The number of nitrogens with zero attached hydrogens (tertiary/aromatic N) is 1. The molecule has 0 unspecified atom stereocenters. The Morgan fingerprint density at radius 2 is 0.800 bits per heavy atom. The second-order valence-corrected chi connectivity index (χ2v) is 11.4. The Balaban J connectivity index is 4.17. The number of carbonyl (C=O) groups is 4. The van der Waals surface area contributed by atoms with E-state index in [-0.39, 0.29) is 58.1 Å². The van der Waals surface area contributed by atoms with Crippen LogP contribution in [0.5, 0.6) is 0 Å². The van der Waals surface area contributed by atoms with Crippen molar-refractivity contribution in [3.8, 4) is 0 Å². The van der Waals surface area contributed by atoms with Gasteiger partial charge in [0.1, 0.15) is 5.60 Å². The third-order valence-electron chi connectivity index (χ3n) is 5.89. The molecular weight excluding hydrogens is 668 g/mol. The van der Waals surface area contributed by atoms with Gasteiger partial charge in [0.15, 0.2) is 0 Å². The lowest BCUT2D eigenvalue weighted by Gasteiger charge is -2.23. The number of carbonyl (C=O) groups excluding carboxylic acids is 2. The highest BCUT2D eigenvalue weighted by Gasteiger charge is 2.16. The zero-order valence-electron chi connectivity index (χ0n) is 30.0. The van der Waals surface area contributed by atoms with Gasteiger partial charge in [0.05, 0.1) is 138 Å². The van der Waals surface area contributed by atoms with Gasteiger partial charge in [-0.2, -0.15) is 0 Å². The van der Waals surface area contributed by atoms with E-state index in [9.17, 15) is 19.2 Å². The SMILES string of the molecule is CC(C)(C)OC(=O)NCCOCCC(=O)N(CCOCCOCCOCCOCCC(=O)O)CCOCCOCCOCCOCCC(=O)O. The van der Waals surface area contributed by atoms with Crippen LogP contribution in [0.25, 0.3) is 0 Å². The number of hydrogen-bond acceptors (Lipinski definition) is 14. The molecule has 294 valence electrons. The summed E-state index contributed by atoms with van der Waals surface area (Å²) in [4.78, 5) is 47.1. The van der Waals surface area contributed by atoms with Crippen molar-refractivity contribution in [2.75, 3.05) is 139 Å². The van der Waals surface area contributed by atoms with Gasteiger partial charge in [-0.3, -0.25) is 14.4 Å². The first-order chi connectivity index (χ1) is 24.0. The largest absolute Gasteiger partial charge is 0.481 e. The number of carboxylic acid groups (broad SMARTS) is 2. The van der Waals surface area contributed by atoms with Crippen LogP contribution in [-0.2, 0) is 61.8 Å². The van der Waals surface area contributed by atoms with Gasteiger partial charge in [-0.25, -0.2) is 4.79 Å². The van der Waals surface area contributed by atoms with Crippen LogP contribution in [0.1, 0.15) is 40.0 Å². The Morgan fingerprint density at radius 1 is 0.480 bits per heavy atom. The fraction of sp³-hybridized carbons (Fsp3) is 0.875. The van der Waals surface area contributed by atoms with Crippen LogP contribution in [0.3, 0.4) is 0 Å². The van der Waals surface area contributed by atoms with Crippen molar-refractivity contribution in [1.82, 2.24) is 10.2 Å². The maximum atomic E-state index is 12.9. The van der Waals surface area contributed by atoms with E-state index < -0.39 is 23.6 Å².